The summed E-state index contributed by atoms with van der Waals surface area (Å²) in [5, 5.41) is 3.59. The molecule has 0 aromatic rings. The van der Waals surface area contributed by atoms with E-state index in [1.54, 1.807) is 0 Å². The highest BCUT2D eigenvalue weighted by atomic mass is 32.2. The van der Waals surface area contributed by atoms with Gasteiger partial charge < -0.3 is 10.2 Å². The Morgan fingerprint density at radius 1 is 1.33 bits per heavy atom. The molecule has 1 atom stereocenters. The van der Waals surface area contributed by atoms with Gasteiger partial charge in [0.1, 0.15) is 0 Å². The Balaban J connectivity index is 1.49. The average Bonchev–Trinajstić information content (AvgIpc) is 2.99. The zero-order chi connectivity index (χ0) is 10.5. The summed E-state index contributed by atoms with van der Waals surface area (Å²) in [6.45, 7) is 7.39. The van der Waals surface area contributed by atoms with Gasteiger partial charge in [0, 0.05) is 24.9 Å². The van der Waals surface area contributed by atoms with Crippen LogP contribution in [0.1, 0.15) is 26.2 Å². The minimum atomic E-state index is 0.928. The third-order valence-electron chi connectivity index (χ3n) is 3.44. The highest BCUT2D eigenvalue weighted by Gasteiger charge is 2.33. The average molecular weight is 228 g/mol. The molecule has 3 heteroatoms. The number of hydrogen-bond donors (Lipinski definition) is 1. The zero-order valence-corrected chi connectivity index (χ0v) is 10.7. The molecule has 2 aliphatic rings. The Morgan fingerprint density at radius 3 is 2.93 bits per heavy atom. The van der Waals surface area contributed by atoms with Crippen LogP contribution >= 0.6 is 11.8 Å². The third kappa shape index (κ3) is 3.97. The van der Waals surface area contributed by atoms with Crippen molar-refractivity contribution in [2.75, 3.05) is 37.7 Å². The van der Waals surface area contributed by atoms with Crippen LogP contribution in [0.4, 0.5) is 0 Å². The smallest absolute Gasteiger partial charge is 0.00965 e. The summed E-state index contributed by atoms with van der Waals surface area (Å²) < 4.78 is 0. The zero-order valence-electron chi connectivity index (χ0n) is 9.87. The summed E-state index contributed by atoms with van der Waals surface area (Å²) in [5.74, 6) is 3.45. The molecule has 15 heavy (non-hydrogen) atoms. The maximum atomic E-state index is 3.59. The second kappa shape index (κ2) is 6.12. The molecule has 0 aromatic carbocycles. The topological polar surface area (TPSA) is 15.3 Å². The van der Waals surface area contributed by atoms with E-state index in [4.69, 9.17) is 0 Å². The summed E-state index contributed by atoms with van der Waals surface area (Å²) in [6, 6.07) is 0.977. The van der Waals surface area contributed by atoms with Crippen molar-refractivity contribution in [3.05, 3.63) is 0 Å². The normalized spacial score (nSPS) is 27.4. The van der Waals surface area contributed by atoms with Crippen LogP contribution in [0, 0.1) is 5.92 Å². The van der Waals surface area contributed by atoms with E-state index in [0.717, 1.165) is 12.0 Å². The molecule has 2 nitrogen and oxygen atoms in total. The molecule has 1 unspecified atom stereocenters. The lowest BCUT2D eigenvalue weighted by molar-refractivity contribution is 0.312. The van der Waals surface area contributed by atoms with Crippen molar-refractivity contribution in [3.8, 4) is 0 Å². The molecular weight excluding hydrogens is 204 g/mol. The molecule has 1 saturated heterocycles. The van der Waals surface area contributed by atoms with Crippen LogP contribution in [0.25, 0.3) is 0 Å². The summed E-state index contributed by atoms with van der Waals surface area (Å²) in [6.07, 6.45) is 4.35. The largest absolute Gasteiger partial charge is 0.316 e. The van der Waals surface area contributed by atoms with Gasteiger partial charge in [-0.3, -0.25) is 0 Å². The van der Waals surface area contributed by atoms with Crippen molar-refractivity contribution < 1.29 is 0 Å². The van der Waals surface area contributed by atoms with Gasteiger partial charge in [-0.25, -0.2) is 0 Å². The molecule has 1 N–H and O–H groups in total. The van der Waals surface area contributed by atoms with Gasteiger partial charge in [-0.1, -0.05) is 6.92 Å². The molecule has 1 saturated carbocycles. The van der Waals surface area contributed by atoms with E-state index >= 15 is 0 Å². The fourth-order valence-corrected chi connectivity index (χ4v) is 2.97. The van der Waals surface area contributed by atoms with E-state index in [1.165, 1.54) is 56.9 Å². The van der Waals surface area contributed by atoms with Crippen molar-refractivity contribution in [1.82, 2.24) is 10.2 Å². The lowest BCUT2D eigenvalue weighted by atomic mass is 10.1. The molecule has 2 fully saturated rings. The van der Waals surface area contributed by atoms with Crippen LogP contribution in [0.5, 0.6) is 0 Å². The predicted octanol–water partition coefficient (Wildman–Crippen LogP) is 1.81. The van der Waals surface area contributed by atoms with Crippen LogP contribution in [-0.4, -0.2) is 48.6 Å². The van der Waals surface area contributed by atoms with Crippen molar-refractivity contribution in [3.63, 3.8) is 0 Å². The van der Waals surface area contributed by atoms with Gasteiger partial charge in [-0.15, -0.1) is 0 Å². The standard InChI is InChI=1S/C12H24N2S/c1-2-15-8-6-13-9-11-5-7-14(10-11)12-3-4-12/h11-13H,2-10H2,1H3. The van der Waals surface area contributed by atoms with E-state index in [0.29, 0.717) is 0 Å². The van der Waals surface area contributed by atoms with Crippen molar-refractivity contribution in [2.24, 2.45) is 5.92 Å². The van der Waals surface area contributed by atoms with Gasteiger partial charge in [-0.2, -0.15) is 11.8 Å². The van der Waals surface area contributed by atoms with Crippen LogP contribution in [0.3, 0.4) is 0 Å². The number of rotatable bonds is 7. The number of thioether (sulfide) groups is 1. The summed E-state index contributed by atoms with van der Waals surface area (Å²) in [5.41, 5.74) is 0. The molecule has 1 aliphatic heterocycles. The Bertz CT molecular complexity index is 182. The quantitative estimate of drug-likeness (QED) is 0.669. The van der Waals surface area contributed by atoms with Gasteiger partial charge in [0.05, 0.1) is 0 Å². The van der Waals surface area contributed by atoms with Crippen LogP contribution in [0.15, 0.2) is 0 Å². The molecule has 0 spiro atoms. The Kier molecular flexibility index (Phi) is 4.79. The van der Waals surface area contributed by atoms with Crippen LogP contribution < -0.4 is 5.32 Å². The van der Waals surface area contributed by atoms with E-state index < -0.39 is 0 Å². The SMILES string of the molecule is CCSCCNCC1CCN(C2CC2)C1. The van der Waals surface area contributed by atoms with E-state index in [1.807, 2.05) is 11.8 Å². The van der Waals surface area contributed by atoms with Crippen molar-refractivity contribution >= 4 is 11.8 Å². The number of nitrogens with one attached hydrogen (secondary N) is 1. The third-order valence-corrected chi connectivity index (χ3v) is 4.34. The van der Waals surface area contributed by atoms with Crippen molar-refractivity contribution in [2.45, 2.75) is 32.2 Å². The Labute approximate surface area is 98.2 Å². The van der Waals surface area contributed by atoms with Gasteiger partial charge in [-0.05, 0) is 44.0 Å². The fourth-order valence-electron chi connectivity index (χ4n) is 2.40. The molecule has 0 amide bonds. The first kappa shape index (κ1) is 11.7. The number of nitrogens with zero attached hydrogens (tertiary/aromatic N) is 1. The molecule has 0 radical (unpaired) electrons. The molecule has 0 bridgehead atoms. The maximum Gasteiger partial charge on any atom is 0.00965 e. The highest BCUT2D eigenvalue weighted by molar-refractivity contribution is 7.99. The highest BCUT2D eigenvalue weighted by Crippen LogP contribution is 2.31. The maximum absolute atomic E-state index is 3.59. The predicted molar refractivity (Wildman–Crippen MR) is 68.6 cm³/mol. The fraction of sp³-hybridized carbons (Fsp3) is 1.00. The van der Waals surface area contributed by atoms with E-state index in [-0.39, 0.29) is 0 Å². The monoisotopic (exact) mass is 228 g/mol. The second-order valence-electron chi connectivity index (χ2n) is 4.78. The molecule has 1 heterocycles. The second-order valence-corrected chi connectivity index (χ2v) is 6.18. The van der Waals surface area contributed by atoms with Gasteiger partial charge >= 0.3 is 0 Å². The lowest BCUT2D eigenvalue weighted by Gasteiger charge is -2.15. The molecule has 0 aromatic heterocycles. The van der Waals surface area contributed by atoms with E-state index in [9.17, 15) is 0 Å². The summed E-state index contributed by atoms with van der Waals surface area (Å²) >= 11 is 2.03. The Morgan fingerprint density at radius 2 is 2.20 bits per heavy atom. The first-order valence-electron chi connectivity index (χ1n) is 6.42. The van der Waals surface area contributed by atoms with Gasteiger partial charge in [0.15, 0.2) is 0 Å². The number of likely N-dealkylation sites (tertiary alicyclic amines) is 1. The summed E-state index contributed by atoms with van der Waals surface area (Å²) in [4.78, 5) is 2.70. The molecule has 88 valence electrons. The first-order chi connectivity index (χ1) is 7.40. The lowest BCUT2D eigenvalue weighted by Crippen LogP contribution is -2.28. The van der Waals surface area contributed by atoms with Gasteiger partial charge in [0.2, 0.25) is 0 Å². The van der Waals surface area contributed by atoms with Crippen LogP contribution in [0.2, 0.25) is 0 Å². The van der Waals surface area contributed by atoms with Crippen molar-refractivity contribution in [1.29, 1.82) is 0 Å². The summed E-state index contributed by atoms with van der Waals surface area (Å²) in [7, 11) is 0. The molecule has 1 aliphatic carbocycles. The van der Waals surface area contributed by atoms with E-state index in [2.05, 4.69) is 17.1 Å². The minimum absolute atomic E-state index is 0.928. The minimum Gasteiger partial charge on any atom is -0.316 e. The first-order valence-corrected chi connectivity index (χ1v) is 7.58. The molecular formula is C12H24N2S. The van der Waals surface area contributed by atoms with Gasteiger partial charge in [0.25, 0.3) is 0 Å². The molecule has 2 rings (SSSR count). The Hall–Kier alpha value is 0.270. The number of hydrogen-bond acceptors (Lipinski definition) is 3. The van der Waals surface area contributed by atoms with Crippen LogP contribution in [-0.2, 0) is 0 Å².